The third-order valence-electron chi connectivity index (χ3n) is 1.91. The average Bonchev–Trinajstić information content (AvgIpc) is 2.11. The van der Waals surface area contributed by atoms with Crippen LogP contribution in [0.1, 0.15) is 0 Å². The fourth-order valence-electron chi connectivity index (χ4n) is 1.41. The Morgan fingerprint density at radius 2 is 1.29 bits per heavy atom. The van der Waals surface area contributed by atoms with Gasteiger partial charge in [0.05, 0.1) is 6.54 Å². The van der Waals surface area contributed by atoms with Gasteiger partial charge < -0.3 is 21.1 Å². The maximum Gasteiger partial charge on any atom is 0.361 e. The number of carboxylic acids is 3. The molecule has 0 rings (SSSR count). The van der Waals surface area contributed by atoms with Crippen LogP contribution in [0.25, 0.3) is 0 Å². The summed E-state index contributed by atoms with van der Waals surface area (Å²) in [5, 5.41) is 26.1. The molecule has 0 aromatic carbocycles. The van der Waals surface area contributed by atoms with Crippen molar-refractivity contribution >= 4 is 17.9 Å². The summed E-state index contributed by atoms with van der Waals surface area (Å²) < 4.78 is -0.781. The number of rotatable bonds is 9. The SMILES string of the molecule is NCCN[N+](CC(=O)O)(CC(=O)O)CC(=O)O. The molecule has 0 aliphatic heterocycles. The molecule has 6 N–H and O–H groups in total. The highest BCUT2D eigenvalue weighted by molar-refractivity contribution is 5.72. The molecular formula is C8H16N3O6+. The zero-order chi connectivity index (χ0) is 13.5. The van der Waals surface area contributed by atoms with E-state index in [9.17, 15) is 14.4 Å². The van der Waals surface area contributed by atoms with E-state index in [1.807, 2.05) is 0 Å². The molecule has 0 aromatic heterocycles. The molecule has 0 heterocycles. The van der Waals surface area contributed by atoms with E-state index in [1.54, 1.807) is 0 Å². The minimum atomic E-state index is -1.29. The van der Waals surface area contributed by atoms with E-state index in [0.717, 1.165) is 0 Å². The lowest BCUT2D eigenvalue weighted by Gasteiger charge is -2.33. The van der Waals surface area contributed by atoms with Crippen LogP contribution >= 0.6 is 0 Å². The lowest BCUT2D eigenvalue weighted by atomic mass is 10.4. The topological polar surface area (TPSA) is 150 Å². The van der Waals surface area contributed by atoms with Gasteiger partial charge in [0.2, 0.25) is 0 Å². The average molecular weight is 250 g/mol. The lowest BCUT2D eigenvalue weighted by Crippen LogP contribution is -2.65. The van der Waals surface area contributed by atoms with Gasteiger partial charge in [0, 0.05) is 6.54 Å². The second-order valence-electron chi connectivity index (χ2n) is 3.50. The summed E-state index contributed by atoms with van der Waals surface area (Å²) in [7, 11) is 0. The van der Waals surface area contributed by atoms with Crippen LogP contribution in [0.3, 0.4) is 0 Å². The lowest BCUT2D eigenvalue weighted by molar-refractivity contribution is -0.950. The molecule has 0 bridgehead atoms. The Kier molecular flexibility index (Phi) is 6.10. The van der Waals surface area contributed by atoms with E-state index in [2.05, 4.69) is 5.43 Å². The van der Waals surface area contributed by atoms with Crippen molar-refractivity contribution in [1.29, 1.82) is 0 Å². The Morgan fingerprint density at radius 3 is 1.53 bits per heavy atom. The number of carboxylic acid groups (broad SMARTS) is 3. The Bertz CT molecular complexity index is 265. The van der Waals surface area contributed by atoms with Crippen LogP contribution in [0.15, 0.2) is 0 Å². The second kappa shape index (κ2) is 6.78. The maximum absolute atomic E-state index is 10.7. The number of nitrogens with zero attached hydrogens (tertiary/aromatic N) is 1. The molecule has 0 aliphatic carbocycles. The fourth-order valence-corrected chi connectivity index (χ4v) is 1.41. The largest absolute Gasteiger partial charge is 0.477 e. The van der Waals surface area contributed by atoms with Gasteiger partial charge in [0.1, 0.15) is 0 Å². The summed E-state index contributed by atoms with van der Waals surface area (Å²) in [6, 6.07) is 0. The number of hydrogen-bond donors (Lipinski definition) is 5. The Balaban J connectivity index is 4.95. The number of carbonyl (C=O) groups is 3. The van der Waals surface area contributed by atoms with Crippen LogP contribution in [-0.2, 0) is 14.4 Å². The molecule has 0 fully saturated rings. The Labute approximate surface area is 97.0 Å². The minimum Gasteiger partial charge on any atom is -0.477 e. The first-order valence-electron chi connectivity index (χ1n) is 4.78. The normalized spacial score (nSPS) is 11.1. The summed E-state index contributed by atoms with van der Waals surface area (Å²) in [4.78, 5) is 32.0. The number of aliphatic carboxylic acids is 3. The molecule has 0 aliphatic rings. The quantitative estimate of drug-likeness (QED) is 0.223. The first-order valence-corrected chi connectivity index (χ1v) is 4.78. The zero-order valence-corrected chi connectivity index (χ0v) is 9.13. The molecular weight excluding hydrogens is 234 g/mol. The van der Waals surface area contributed by atoms with E-state index in [0.29, 0.717) is 0 Å². The first kappa shape index (κ1) is 15.3. The van der Waals surface area contributed by atoms with Gasteiger partial charge in [-0.05, 0) is 0 Å². The third kappa shape index (κ3) is 6.45. The van der Waals surface area contributed by atoms with Gasteiger partial charge in [-0.15, -0.1) is 0 Å². The van der Waals surface area contributed by atoms with Crippen LogP contribution in [0.2, 0.25) is 0 Å². The number of quaternary nitrogens is 1. The molecule has 0 aromatic rings. The highest BCUT2D eigenvalue weighted by Crippen LogP contribution is 2.02. The summed E-state index contributed by atoms with van der Waals surface area (Å²) >= 11 is 0. The van der Waals surface area contributed by atoms with Gasteiger partial charge in [-0.1, -0.05) is 0 Å². The van der Waals surface area contributed by atoms with E-state index >= 15 is 0 Å². The van der Waals surface area contributed by atoms with E-state index in [-0.39, 0.29) is 13.1 Å². The summed E-state index contributed by atoms with van der Waals surface area (Å²) in [6.07, 6.45) is 0. The first-order chi connectivity index (χ1) is 7.81. The van der Waals surface area contributed by atoms with Crippen molar-refractivity contribution in [2.24, 2.45) is 5.73 Å². The zero-order valence-electron chi connectivity index (χ0n) is 9.13. The minimum absolute atomic E-state index is 0.119. The fraction of sp³-hybridized carbons (Fsp3) is 0.625. The van der Waals surface area contributed by atoms with Crippen molar-refractivity contribution in [3.05, 3.63) is 0 Å². The smallest absolute Gasteiger partial charge is 0.361 e. The van der Waals surface area contributed by atoms with Crippen molar-refractivity contribution in [3.63, 3.8) is 0 Å². The van der Waals surface area contributed by atoms with Crippen LogP contribution in [0, 0.1) is 0 Å². The monoisotopic (exact) mass is 250 g/mol. The van der Waals surface area contributed by atoms with Gasteiger partial charge >= 0.3 is 17.9 Å². The molecule has 17 heavy (non-hydrogen) atoms. The van der Waals surface area contributed by atoms with Crippen LogP contribution in [-0.4, -0.2) is 70.5 Å². The number of nitrogens with one attached hydrogen (secondary N) is 1. The number of nitrogens with two attached hydrogens (primary N) is 1. The van der Waals surface area contributed by atoms with Gasteiger partial charge in [-0.25, -0.2) is 19.0 Å². The van der Waals surface area contributed by atoms with Crippen molar-refractivity contribution < 1.29 is 34.3 Å². The third-order valence-corrected chi connectivity index (χ3v) is 1.91. The van der Waals surface area contributed by atoms with Crippen LogP contribution in [0.4, 0.5) is 0 Å². The molecule has 0 spiro atoms. The van der Waals surface area contributed by atoms with Crippen LogP contribution < -0.4 is 11.2 Å². The van der Waals surface area contributed by atoms with Gasteiger partial charge in [0.15, 0.2) is 19.6 Å². The van der Waals surface area contributed by atoms with E-state index < -0.39 is 42.1 Å². The Morgan fingerprint density at radius 1 is 0.941 bits per heavy atom. The molecule has 0 saturated heterocycles. The molecule has 0 atom stereocenters. The molecule has 9 heteroatoms. The summed E-state index contributed by atoms with van der Waals surface area (Å²) in [5.41, 5.74) is 7.76. The maximum atomic E-state index is 10.7. The molecule has 0 unspecified atom stereocenters. The molecule has 0 radical (unpaired) electrons. The van der Waals surface area contributed by atoms with Gasteiger partial charge in [0.25, 0.3) is 0 Å². The summed E-state index contributed by atoms with van der Waals surface area (Å²) in [6.45, 7) is -1.71. The highest BCUT2D eigenvalue weighted by Gasteiger charge is 2.36. The molecule has 0 saturated carbocycles. The second-order valence-corrected chi connectivity index (χ2v) is 3.50. The van der Waals surface area contributed by atoms with Crippen LogP contribution in [0.5, 0.6) is 0 Å². The standard InChI is InChI=1S/C8H15N3O6/c9-1-2-10-11(3-6(12)13,4-7(14)15)5-8(16)17/h10H,1-5,9H2,(H2-,12,13,14,15,16,17)/p+1. The van der Waals surface area contributed by atoms with Gasteiger partial charge in [-0.2, -0.15) is 5.43 Å². The predicted molar refractivity (Wildman–Crippen MR) is 54.8 cm³/mol. The Hall–Kier alpha value is -1.71. The van der Waals surface area contributed by atoms with Crippen molar-refractivity contribution in [2.45, 2.75) is 0 Å². The molecule has 0 amide bonds. The van der Waals surface area contributed by atoms with Gasteiger partial charge in [-0.3, -0.25) is 0 Å². The summed E-state index contributed by atoms with van der Waals surface area (Å²) in [5.74, 6) is -3.88. The van der Waals surface area contributed by atoms with E-state index in [1.165, 1.54) is 0 Å². The number of hydrogen-bond acceptors (Lipinski definition) is 5. The predicted octanol–water partition coefficient (Wildman–Crippen LogP) is -2.48. The van der Waals surface area contributed by atoms with Crippen molar-refractivity contribution in [2.75, 3.05) is 32.7 Å². The van der Waals surface area contributed by atoms with Crippen molar-refractivity contribution in [1.82, 2.24) is 5.43 Å². The van der Waals surface area contributed by atoms with E-state index in [4.69, 9.17) is 21.1 Å². The highest BCUT2D eigenvalue weighted by atomic mass is 16.4. The molecule has 98 valence electrons. The molecule has 9 nitrogen and oxygen atoms in total. The van der Waals surface area contributed by atoms with Crippen molar-refractivity contribution in [3.8, 4) is 0 Å².